The lowest BCUT2D eigenvalue weighted by Gasteiger charge is -2.23. The van der Waals surface area contributed by atoms with Gasteiger partial charge in [-0.3, -0.25) is 4.79 Å². The van der Waals surface area contributed by atoms with Crippen LogP contribution >= 0.6 is 0 Å². The highest BCUT2D eigenvalue weighted by Gasteiger charge is 2.19. The molecule has 0 atom stereocenters. The average Bonchev–Trinajstić information content (AvgIpc) is 3.00. The first-order chi connectivity index (χ1) is 10.2. The smallest absolute Gasteiger partial charge is 0.222 e. The van der Waals surface area contributed by atoms with E-state index in [1.807, 2.05) is 29.2 Å². The first kappa shape index (κ1) is 15.9. The van der Waals surface area contributed by atoms with Crippen molar-refractivity contribution in [3.05, 3.63) is 29.8 Å². The zero-order valence-corrected chi connectivity index (χ0v) is 13.2. The van der Waals surface area contributed by atoms with Gasteiger partial charge in [0.2, 0.25) is 5.91 Å². The van der Waals surface area contributed by atoms with Crippen molar-refractivity contribution in [1.82, 2.24) is 4.90 Å². The van der Waals surface area contributed by atoms with E-state index in [2.05, 4.69) is 6.92 Å². The quantitative estimate of drug-likeness (QED) is 0.771. The zero-order valence-electron chi connectivity index (χ0n) is 13.2. The van der Waals surface area contributed by atoms with Crippen molar-refractivity contribution in [3.63, 3.8) is 0 Å². The van der Waals surface area contributed by atoms with Crippen molar-refractivity contribution in [2.45, 2.75) is 58.4 Å². The van der Waals surface area contributed by atoms with Crippen molar-refractivity contribution in [3.8, 4) is 0 Å². The van der Waals surface area contributed by atoms with Gasteiger partial charge in [-0.25, -0.2) is 0 Å². The third-order valence-corrected chi connectivity index (χ3v) is 4.50. The van der Waals surface area contributed by atoms with Crippen LogP contribution < -0.4 is 5.73 Å². The molecule has 0 unspecified atom stereocenters. The highest BCUT2D eigenvalue weighted by atomic mass is 16.2. The summed E-state index contributed by atoms with van der Waals surface area (Å²) in [5.41, 5.74) is 7.84. The van der Waals surface area contributed by atoms with Gasteiger partial charge in [0.05, 0.1) is 0 Å². The molecule has 0 saturated heterocycles. The molecule has 0 bridgehead atoms. The van der Waals surface area contributed by atoms with Crippen LogP contribution in [0.4, 0.5) is 5.69 Å². The fourth-order valence-electron chi connectivity index (χ4n) is 3.23. The Kier molecular flexibility index (Phi) is 6.09. The molecule has 3 nitrogen and oxygen atoms in total. The number of carbonyl (C=O) groups excluding carboxylic acids is 1. The Morgan fingerprint density at radius 3 is 2.67 bits per heavy atom. The Morgan fingerprint density at radius 1 is 1.29 bits per heavy atom. The number of amides is 1. The van der Waals surface area contributed by atoms with E-state index in [9.17, 15) is 4.79 Å². The highest BCUT2D eigenvalue weighted by molar-refractivity contribution is 5.76. The molecule has 21 heavy (non-hydrogen) atoms. The third-order valence-electron chi connectivity index (χ3n) is 4.50. The summed E-state index contributed by atoms with van der Waals surface area (Å²) in [6.45, 7) is 3.58. The predicted molar refractivity (Wildman–Crippen MR) is 87.8 cm³/mol. The van der Waals surface area contributed by atoms with Gasteiger partial charge >= 0.3 is 0 Å². The number of nitrogens with zero attached hydrogens (tertiary/aromatic N) is 1. The topological polar surface area (TPSA) is 46.3 Å². The molecule has 1 aliphatic rings. The van der Waals surface area contributed by atoms with E-state index in [-0.39, 0.29) is 5.91 Å². The number of hydrogen-bond acceptors (Lipinski definition) is 2. The fraction of sp³-hybridized carbons (Fsp3) is 0.611. The van der Waals surface area contributed by atoms with Crippen LogP contribution in [0.15, 0.2) is 24.3 Å². The van der Waals surface area contributed by atoms with Crippen molar-refractivity contribution in [2.75, 3.05) is 12.3 Å². The molecule has 1 saturated carbocycles. The first-order valence-corrected chi connectivity index (χ1v) is 8.32. The highest BCUT2D eigenvalue weighted by Crippen LogP contribution is 2.28. The summed E-state index contributed by atoms with van der Waals surface area (Å²) < 4.78 is 0. The van der Waals surface area contributed by atoms with E-state index in [0.717, 1.165) is 36.6 Å². The van der Waals surface area contributed by atoms with Gasteiger partial charge in [-0.2, -0.15) is 0 Å². The van der Waals surface area contributed by atoms with Gasteiger partial charge in [-0.15, -0.1) is 0 Å². The number of rotatable bonds is 7. The van der Waals surface area contributed by atoms with Gasteiger partial charge in [0.1, 0.15) is 0 Å². The standard InChI is InChI=1S/C18H28N2O/c1-2-13-20(14-16-9-5-6-10-17(16)19)18(21)12-11-15-7-3-4-8-15/h5-6,9-10,15H,2-4,7-8,11-14,19H2,1H3. The second-order valence-corrected chi connectivity index (χ2v) is 6.20. The number of hydrogen-bond donors (Lipinski definition) is 1. The third kappa shape index (κ3) is 4.76. The zero-order chi connectivity index (χ0) is 15.1. The summed E-state index contributed by atoms with van der Waals surface area (Å²) >= 11 is 0. The van der Waals surface area contributed by atoms with Gasteiger partial charge in [0, 0.05) is 25.2 Å². The summed E-state index contributed by atoms with van der Waals surface area (Å²) in [5, 5.41) is 0. The number of nitrogens with two attached hydrogens (primary N) is 1. The van der Waals surface area contributed by atoms with E-state index >= 15 is 0 Å². The van der Waals surface area contributed by atoms with Crippen LogP contribution in [0.2, 0.25) is 0 Å². The SMILES string of the molecule is CCCN(Cc1ccccc1N)C(=O)CCC1CCCC1. The van der Waals surface area contributed by atoms with Gasteiger partial charge in [-0.1, -0.05) is 50.8 Å². The largest absolute Gasteiger partial charge is 0.398 e. The van der Waals surface area contributed by atoms with Crippen LogP contribution in [0.25, 0.3) is 0 Å². The van der Waals surface area contributed by atoms with E-state index in [0.29, 0.717) is 13.0 Å². The number of benzene rings is 1. The van der Waals surface area contributed by atoms with Crippen molar-refractivity contribution in [1.29, 1.82) is 0 Å². The number of carbonyl (C=O) groups is 1. The second-order valence-electron chi connectivity index (χ2n) is 6.20. The molecule has 1 fully saturated rings. The lowest BCUT2D eigenvalue weighted by molar-refractivity contribution is -0.132. The summed E-state index contributed by atoms with van der Waals surface area (Å²) in [6.07, 6.45) is 8.05. The van der Waals surface area contributed by atoms with Crippen LogP contribution in [0.5, 0.6) is 0 Å². The summed E-state index contributed by atoms with van der Waals surface area (Å²) in [6, 6.07) is 7.84. The molecule has 1 aromatic rings. The van der Waals surface area contributed by atoms with E-state index in [1.165, 1.54) is 25.7 Å². The van der Waals surface area contributed by atoms with E-state index in [4.69, 9.17) is 5.73 Å². The van der Waals surface area contributed by atoms with E-state index < -0.39 is 0 Å². The summed E-state index contributed by atoms with van der Waals surface area (Å²) in [5.74, 6) is 1.06. The maximum atomic E-state index is 12.5. The summed E-state index contributed by atoms with van der Waals surface area (Å²) in [7, 11) is 0. The number of para-hydroxylation sites is 1. The fourth-order valence-corrected chi connectivity index (χ4v) is 3.23. The van der Waals surface area contributed by atoms with Crippen LogP contribution in [0.3, 0.4) is 0 Å². The lowest BCUT2D eigenvalue weighted by Crippen LogP contribution is -2.31. The Morgan fingerprint density at radius 2 is 2.00 bits per heavy atom. The molecule has 0 spiro atoms. The molecule has 0 aliphatic heterocycles. The molecular formula is C18H28N2O. The minimum atomic E-state index is 0.284. The lowest BCUT2D eigenvalue weighted by atomic mass is 10.0. The van der Waals surface area contributed by atoms with Gasteiger partial charge in [0.15, 0.2) is 0 Å². The Hall–Kier alpha value is -1.51. The van der Waals surface area contributed by atoms with Crippen molar-refractivity contribution in [2.24, 2.45) is 5.92 Å². The molecule has 2 N–H and O–H groups in total. The molecule has 2 rings (SSSR count). The molecule has 3 heteroatoms. The molecule has 116 valence electrons. The molecule has 1 aliphatic carbocycles. The number of nitrogen functional groups attached to an aromatic ring is 1. The van der Waals surface area contributed by atoms with Crippen LogP contribution in [0.1, 0.15) is 57.4 Å². The molecule has 1 aromatic carbocycles. The average molecular weight is 288 g/mol. The minimum Gasteiger partial charge on any atom is -0.398 e. The monoisotopic (exact) mass is 288 g/mol. The maximum Gasteiger partial charge on any atom is 0.222 e. The van der Waals surface area contributed by atoms with Gasteiger partial charge in [-0.05, 0) is 30.4 Å². The second kappa shape index (κ2) is 8.06. The van der Waals surface area contributed by atoms with Crippen LogP contribution in [-0.2, 0) is 11.3 Å². The van der Waals surface area contributed by atoms with Crippen LogP contribution in [0, 0.1) is 5.92 Å². The van der Waals surface area contributed by atoms with Crippen molar-refractivity contribution < 1.29 is 4.79 Å². The molecule has 1 amide bonds. The molecular weight excluding hydrogens is 260 g/mol. The maximum absolute atomic E-state index is 12.5. The first-order valence-electron chi connectivity index (χ1n) is 8.32. The van der Waals surface area contributed by atoms with Crippen LogP contribution in [-0.4, -0.2) is 17.4 Å². The Bertz CT molecular complexity index is 452. The van der Waals surface area contributed by atoms with E-state index in [1.54, 1.807) is 0 Å². The number of anilines is 1. The van der Waals surface area contributed by atoms with Gasteiger partial charge in [0.25, 0.3) is 0 Å². The summed E-state index contributed by atoms with van der Waals surface area (Å²) in [4.78, 5) is 14.5. The Labute approximate surface area is 128 Å². The van der Waals surface area contributed by atoms with Gasteiger partial charge < -0.3 is 10.6 Å². The predicted octanol–water partition coefficient (Wildman–Crippen LogP) is 3.98. The minimum absolute atomic E-state index is 0.284. The Balaban J connectivity index is 1.90. The molecule has 0 heterocycles. The van der Waals surface area contributed by atoms with Crippen molar-refractivity contribution >= 4 is 11.6 Å². The molecule has 0 radical (unpaired) electrons. The molecule has 0 aromatic heterocycles. The normalized spacial score (nSPS) is 15.3.